The number of anilines is 1. The van der Waals surface area contributed by atoms with Crippen molar-refractivity contribution in [2.24, 2.45) is 5.73 Å². The Morgan fingerprint density at radius 3 is 2.83 bits per heavy atom. The van der Waals surface area contributed by atoms with Crippen molar-refractivity contribution in [2.75, 3.05) is 25.6 Å². The van der Waals surface area contributed by atoms with Gasteiger partial charge in [0.25, 0.3) is 0 Å². The molecule has 7 heteroatoms. The van der Waals surface area contributed by atoms with E-state index >= 15 is 0 Å². The van der Waals surface area contributed by atoms with E-state index in [1.54, 1.807) is 11.8 Å². The minimum absolute atomic E-state index is 0.0246. The number of rotatable bonds is 6. The molecule has 2 rings (SSSR count). The molecule has 1 atom stereocenters. The number of benzene rings is 1. The van der Waals surface area contributed by atoms with Crippen LogP contribution >= 0.6 is 0 Å². The Balaban J connectivity index is 2.18. The summed E-state index contributed by atoms with van der Waals surface area (Å²) in [5.41, 5.74) is 6.53. The van der Waals surface area contributed by atoms with Crippen LogP contribution in [-0.2, 0) is 4.74 Å². The van der Waals surface area contributed by atoms with Crippen molar-refractivity contribution in [2.45, 2.75) is 6.04 Å². The molecular formula is C11H16N6O. The molecule has 0 aliphatic heterocycles. The van der Waals surface area contributed by atoms with Gasteiger partial charge in [0.1, 0.15) is 0 Å². The summed E-state index contributed by atoms with van der Waals surface area (Å²) in [5, 5.41) is 14.7. The van der Waals surface area contributed by atoms with Gasteiger partial charge < -0.3 is 15.8 Å². The lowest BCUT2D eigenvalue weighted by Gasteiger charge is -2.15. The van der Waals surface area contributed by atoms with Gasteiger partial charge in [0.05, 0.1) is 18.3 Å². The van der Waals surface area contributed by atoms with E-state index in [0.29, 0.717) is 19.1 Å². The van der Waals surface area contributed by atoms with Crippen LogP contribution in [0.25, 0.3) is 5.69 Å². The van der Waals surface area contributed by atoms with Crippen LogP contribution < -0.4 is 11.1 Å². The number of nitrogens with two attached hydrogens (primary N) is 1. The van der Waals surface area contributed by atoms with Gasteiger partial charge in [0.15, 0.2) is 0 Å². The van der Waals surface area contributed by atoms with Crippen LogP contribution in [-0.4, -0.2) is 46.5 Å². The van der Waals surface area contributed by atoms with E-state index in [1.165, 1.54) is 0 Å². The van der Waals surface area contributed by atoms with Crippen LogP contribution in [0.4, 0.5) is 5.95 Å². The van der Waals surface area contributed by atoms with Gasteiger partial charge in [-0.2, -0.15) is 4.68 Å². The summed E-state index contributed by atoms with van der Waals surface area (Å²) in [6, 6.07) is 9.62. The fraction of sp³-hybridized carbons (Fsp3) is 0.364. The van der Waals surface area contributed by atoms with Gasteiger partial charge in [-0.05, 0) is 22.6 Å². The zero-order chi connectivity index (χ0) is 12.8. The molecule has 0 radical (unpaired) electrons. The summed E-state index contributed by atoms with van der Waals surface area (Å²) in [5.74, 6) is 0.550. The summed E-state index contributed by atoms with van der Waals surface area (Å²) in [6.45, 7) is 0.938. The third-order valence-electron chi connectivity index (χ3n) is 2.46. The van der Waals surface area contributed by atoms with Gasteiger partial charge in [-0.3, -0.25) is 0 Å². The number of nitrogens with one attached hydrogen (secondary N) is 1. The highest BCUT2D eigenvalue weighted by Gasteiger charge is 2.12. The molecule has 0 aliphatic rings. The second-order valence-corrected chi connectivity index (χ2v) is 3.78. The van der Waals surface area contributed by atoms with Crippen LogP contribution in [0, 0.1) is 0 Å². The van der Waals surface area contributed by atoms with E-state index in [9.17, 15) is 0 Å². The Hall–Kier alpha value is -1.99. The molecule has 0 fully saturated rings. The van der Waals surface area contributed by atoms with Crippen molar-refractivity contribution in [3.8, 4) is 5.69 Å². The standard InChI is InChI=1S/C11H16N6O/c1-18-8-9(7-12)13-11-14-15-16-17(11)10-5-3-2-4-6-10/h2-6,9H,7-8,12H2,1H3,(H,13,14,16). The molecule has 1 heterocycles. The zero-order valence-electron chi connectivity index (χ0n) is 10.2. The first kappa shape index (κ1) is 12.5. The molecule has 2 aromatic rings. The van der Waals surface area contributed by atoms with Crippen molar-refractivity contribution in [3.63, 3.8) is 0 Å². The Bertz CT molecular complexity index is 471. The molecule has 7 nitrogen and oxygen atoms in total. The van der Waals surface area contributed by atoms with E-state index in [2.05, 4.69) is 20.8 Å². The molecule has 96 valence electrons. The van der Waals surface area contributed by atoms with Gasteiger partial charge in [-0.25, -0.2) is 0 Å². The van der Waals surface area contributed by atoms with E-state index in [0.717, 1.165) is 5.69 Å². The molecule has 0 saturated carbocycles. The molecule has 0 amide bonds. The molecule has 0 bridgehead atoms. The Labute approximate surface area is 105 Å². The average Bonchev–Trinajstić information content (AvgIpc) is 2.87. The monoisotopic (exact) mass is 248 g/mol. The van der Waals surface area contributed by atoms with Gasteiger partial charge in [-0.15, -0.1) is 0 Å². The van der Waals surface area contributed by atoms with Crippen LogP contribution in [0.2, 0.25) is 0 Å². The fourth-order valence-electron chi connectivity index (χ4n) is 1.57. The number of ether oxygens (including phenoxy) is 1. The quantitative estimate of drug-likeness (QED) is 0.750. The number of para-hydroxylation sites is 1. The van der Waals surface area contributed by atoms with E-state index in [-0.39, 0.29) is 6.04 Å². The van der Waals surface area contributed by atoms with Gasteiger partial charge in [0, 0.05) is 13.7 Å². The lowest BCUT2D eigenvalue weighted by atomic mass is 10.3. The third kappa shape index (κ3) is 2.82. The molecule has 1 unspecified atom stereocenters. The average molecular weight is 248 g/mol. The highest BCUT2D eigenvalue weighted by Crippen LogP contribution is 2.11. The lowest BCUT2D eigenvalue weighted by Crippen LogP contribution is -2.34. The maximum atomic E-state index is 5.64. The van der Waals surface area contributed by atoms with Crippen LogP contribution in [0.15, 0.2) is 30.3 Å². The van der Waals surface area contributed by atoms with Crippen LogP contribution in [0.5, 0.6) is 0 Å². The number of tetrazole rings is 1. The van der Waals surface area contributed by atoms with Crippen molar-refractivity contribution >= 4 is 5.95 Å². The van der Waals surface area contributed by atoms with Crippen molar-refractivity contribution in [1.82, 2.24) is 20.2 Å². The lowest BCUT2D eigenvalue weighted by molar-refractivity contribution is 0.187. The number of aromatic nitrogens is 4. The summed E-state index contributed by atoms with van der Waals surface area (Å²) in [4.78, 5) is 0. The molecule has 0 spiro atoms. The topological polar surface area (TPSA) is 90.9 Å². The number of nitrogens with zero attached hydrogens (tertiary/aromatic N) is 4. The van der Waals surface area contributed by atoms with E-state index in [1.807, 2.05) is 30.3 Å². The van der Waals surface area contributed by atoms with Crippen molar-refractivity contribution in [3.05, 3.63) is 30.3 Å². The van der Waals surface area contributed by atoms with Gasteiger partial charge in [0.2, 0.25) is 5.95 Å². The van der Waals surface area contributed by atoms with Crippen LogP contribution in [0.1, 0.15) is 0 Å². The van der Waals surface area contributed by atoms with E-state index < -0.39 is 0 Å². The van der Waals surface area contributed by atoms with Crippen molar-refractivity contribution < 1.29 is 4.74 Å². The first-order chi connectivity index (χ1) is 8.85. The van der Waals surface area contributed by atoms with Crippen LogP contribution in [0.3, 0.4) is 0 Å². The first-order valence-electron chi connectivity index (χ1n) is 5.64. The normalized spacial score (nSPS) is 12.3. The summed E-state index contributed by atoms with van der Waals surface area (Å²) >= 11 is 0. The largest absolute Gasteiger partial charge is 0.383 e. The predicted octanol–water partition coefficient (Wildman–Crippen LogP) is 0.0479. The highest BCUT2D eigenvalue weighted by molar-refractivity contribution is 5.38. The molecule has 0 aliphatic carbocycles. The Morgan fingerprint density at radius 2 is 2.17 bits per heavy atom. The fourth-order valence-corrected chi connectivity index (χ4v) is 1.57. The molecular weight excluding hydrogens is 232 g/mol. The molecule has 0 saturated heterocycles. The number of methoxy groups -OCH3 is 1. The second-order valence-electron chi connectivity index (χ2n) is 3.78. The van der Waals surface area contributed by atoms with Gasteiger partial charge in [-0.1, -0.05) is 23.3 Å². The second kappa shape index (κ2) is 6.08. The minimum atomic E-state index is -0.0246. The minimum Gasteiger partial charge on any atom is -0.383 e. The maximum Gasteiger partial charge on any atom is 0.248 e. The zero-order valence-corrected chi connectivity index (χ0v) is 10.2. The van der Waals surface area contributed by atoms with Crippen molar-refractivity contribution in [1.29, 1.82) is 0 Å². The smallest absolute Gasteiger partial charge is 0.248 e. The number of hydrogen-bond acceptors (Lipinski definition) is 6. The molecule has 18 heavy (non-hydrogen) atoms. The first-order valence-corrected chi connectivity index (χ1v) is 5.64. The maximum absolute atomic E-state index is 5.64. The van der Waals surface area contributed by atoms with E-state index in [4.69, 9.17) is 10.5 Å². The SMILES string of the molecule is COCC(CN)Nc1nnnn1-c1ccccc1. The van der Waals surface area contributed by atoms with Gasteiger partial charge >= 0.3 is 0 Å². The Kier molecular flexibility index (Phi) is 4.21. The predicted molar refractivity (Wildman–Crippen MR) is 67.5 cm³/mol. The summed E-state index contributed by atoms with van der Waals surface area (Å²) in [7, 11) is 1.63. The highest BCUT2D eigenvalue weighted by atomic mass is 16.5. The summed E-state index contributed by atoms with van der Waals surface area (Å²) < 4.78 is 6.69. The summed E-state index contributed by atoms with van der Waals surface area (Å²) in [6.07, 6.45) is 0. The molecule has 1 aromatic carbocycles. The third-order valence-corrected chi connectivity index (χ3v) is 2.46. The molecule has 1 aromatic heterocycles. The molecule has 3 N–H and O–H groups in total. The Morgan fingerprint density at radius 1 is 1.39 bits per heavy atom. The number of hydrogen-bond donors (Lipinski definition) is 2.